The maximum atomic E-state index is 13.1. The molecule has 80 valence electrons. The van der Waals surface area contributed by atoms with E-state index in [2.05, 4.69) is 5.32 Å². The fraction of sp³-hybridized carbons (Fsp3) is 0.714. The maximum Gasteiger partial charge on any atom is 0.407 e. The molecule has 2 unspecified atom stereocenters. The molecule has 2 amide bonds. The molecule has 1 rings (SSSR count). The predicted molar refractivity (Wildman–Crippen MR) is 47.1 cm³/mol. The van der Waals surface area contributed by atoms with E-state index in [0.29, 0.717) is 0 Å². The molecular weight excluding hydrogens is 215 g/mol. The zero-order chi connectivity index (χ0) is 10.7. The third kappa shape index (κ3) is 2.47. The summed E-state index contributed by atoms with van der Waals surface area (Å²) < 4.78 is 13.1. The van der Waals surface area contributed by atoms with E-state index in [1.807, 2.05) is 0 Å². The summed E-state index contributed by atoms with van der Waals surface area (Å²) in [7, 11) is 0. The lowest BCUT2D eigenvalue weighted by molar-refractivity contribution is -0.119. The number of carboxylic acid groups (broad SMARTS) is 1. The zero-order valence-corrected chi connectivity index (χ0v) is 8.00. The van der Waals surface area contributed by atoms with Gasteiger partial charge in [0, 0.05) is 6.54 Å². The number of nitrogens with zero attached hydrogens (tertiary/aromatic N) is 1. The van der Waals surface area contributed by atoms with Crippen molar-refractivity contribution in [2.75, 3.05) is 19.0 Å². The van der Waals surface area contributed by atoms with Gasteiger partial charge in [0.15, 0.2) is 0 Å². The molecule has 1 aliphatic heterocycles. The van der Waals surface area contributed by atoms with Crippen LogP contribution in [-0.2, 0) is 4.79 Å². The minimum atomic E-state index is -1.36. The minimum Gasteiger partial charge on any atom is -0.465 e. The highest BCUT2D eigenvalue weighted by molar-refractivity contribution is 6.27. The third-order valence-electron chi connectivity index (χ3n) is 1.99. The minimum absolute atomic E-state index is 0.0286. The van der Waals surface area contributed by atoms with Crippen molar-refractivity contribution in [2.45, 2.75) is 12.2 Å². The zero-order valence-electron chi connectivity index (χ0n) is 7.24. The third-order valence-corrected chi connectivity index (χ3v) is 2.23. The van der Waals surface area contributed by atoms with Gasteiger partial charge in [0.2, 0.25) is 5.91 Å². The van der Waals surface area contributed by atoms with Crippen LogP contribution in [0.3, 0.4) is 0 Å². The van der Waals surface area contributed by atoms with Crippen LogP contribution in [0.4, 0.5) is 9.18 Å². The van der Waals surface area contributed by atoms with Gasteiger partial charge >= 0.3 is 6.09 Å². The van der Waals surface area contributed by atoms with E-state index in [9.17, 15) is 14.0 Å². The second kappa shape index (κ2) is 4.45. The molecular formula is C7H10ClFN2O3. The second-order valence-electron chi connectivity index (χ2n) is 3.01. The van der Waals surface area contributed by atoms with Crippen LogP contribution in [0, 0.1) is 0 Å². The van der Waals surface area contributed by atoms with Crippen LogP contribution in [0.1, 0.15) is 0 Å². The number of likely N-dealkylation sites (tertiary alicyclic amines) is 1. The Morgan fingerprint density at radius 3 is 2.64 bits per heavy atom. The first kappa shape index (κ1) is 11.0. The number of hydrogen-bond donors (Lipinski definition) is 2. The Hall–Kier alpha value is -1.04. The van der Waals surface area contributed by atoms with E-state index < -0.39 is 24.2 Å². The summed E-state index contributed by atoms with van der Waals surface area (Å²) in [5.41, 5.74) is 0. The molecule has 14 heavy (non-hydrogen) atoms. The summed E-state index contributed by atoms with van der Waals surface area (Å²) >= 11 is 5.21. The van der Waals surface area contributed by atoms with Gasteiger partial charge in [-0.1, -0.05) is 0 Å². The number of amides is 2. The lowest BCUT2D eigenvalue weighted by Crippen LogP contribution is -2.42. The molecule has 0 aliphatic carbocycles. The summed E-state index contributed by atoms with van der Waals surface area (Å²) in [5.74, 6) is -0.748. The van der Waals surface area contributed by atoms with Gasteiger partial charge < -0.3 is 15.3 Å². The number of rotatable bonds is 2. The smallest absolute Gasteiger partial charge is 0.407 e. The molecule has 2 atom stereocenters. The Morgan fingerprint density at radius 1 is 1.57 bits per heavy atom. The van der Waals surface area contributed by atoms with Crippen LogP contribution in [0.2, 0.25) is 0 Å². The molecule has 2 N–H and O–H groups in total. The summed E-state index contributed by atoms with van der Waals surface area (Å²) in [6.07, 6.45) is -2.55. The molecule has 0 aromatic rings. The number of nitrogens with one attached hydrogen (secondary N) is 1. The lowest BCUT2D eigenvalue weighted by atomic mass is 10.2. The number of alkyl halides is 2. The van der Waals surface area contributed by atoms with Gasteiger partial charge in [0.1, 0.15) is 12.1 Å². The fourth-order valence-electron chi connectivity index (χ4n) is 1.30. The SMILES string of the molecule is O=C(CCl)NC1CN(C(=O)O)CC1F. The first-order valence-corrected chi connectivity index (χ1v) is 4.55. The second-order valence-corrected chi connectivity index (χ2v) is 3.28. The highest BCUT2D eigenvalue weighted by Gasteiger charge is 2.36. The van der Waals surface area contributed by atoms with Crippen molar-refractivity contribution in [3.05, 3.63) is 0 Å². The Balaban J connectivity index is 2.48. The van der Waals surface area contributed by atoms with Gasteiger partial charge in [-0.3, -0.25) is 4.79 Å². The van der Waals surface area contributed by atoms with E-state index in [4.69, 9.17) is 16.7 Å². The molecule has 7 heteroatoms. The largest absolute Gasteiger partial charge is 0.465 e. The molecule has 0 aromatic heterocycles. The van der Waals surface area contributed by atoms with Crippen molar-refractivity contribution in [1.29, 1.82) is 0 Å². The summed E-state index contributed by atoms with van der Waals surface area (Å²) in [4.78, 5) is 22.2. The van der Waals surface area contributed by atoms with Crippen molar-refractivity contribution >= 4 is 23.6 Å². The highest BCUT2D eigenvalue weighted by atomic mass is 35.5. The van der Waals surface area contributed by atoms with Crippen molar-refractivity contribution in [2.24, 2.45) is 0 Å². The molecule has 1 aliphatic rings. The topological polar surface area (TPSA) is 69.6 Å². The van der Waals surface area contributed by atoms with Crippen molar-refractivity contribution in [3.8, 4) is 0 Å². The quantitative estimate of drug-likeness (QED) is 0.651. The fourth-order valence-corrected chi connectivity index (χ4v) is 1.38. The Kier molecular flexibility index (Phi) is 3.51. The average molecular weight is 225 g/mol. The Morgan fingerprint density at radius 2 is 2.21 bits per heavy atom. The maximum absolute atomic E-state index is 13.1. The molecule has 1 heterocycles. The molecule has 0 aromatic carbocycles. The lowest BCUT2D eigenvalue weighted by Gasteiger charge is -2.13. The molecule has 0 spiro atoms. The monoisotopic (exact) mass is 224 g/mol. The Bertz CT molecular complexity index is 251. The van der Waals surface area contributed by atoms with Crippen LogP contribution in [0.15, 0.2) is 0 Å². The van der Waals surface area contributed by atoms with E-state index in [1.165, 1.54) is 0 Å². The standard InChI is InChI=1S/C7H10ClFN2O3/c8-1-6(12)10-5-3-11(7(13)14)2-4(5)9/h4-5H,1-3H2,(H,10,12)(H,13,14). The van der Waals surface area contributed by atoms with Gasteiger partial charge in [-0.25, -0.2) is 9.18 Å². The van der Waals surface area contributed by atoms with E-state index in [0.717, 1.165) is 4.90 Å². The van der Waals surface area contributed by atoms with Crippen LogP contribution >= 0.6 is 11.6 Å². The van der Waals surface area contributed by atoms with Gasteiger partial charge in [-0.05, 0) is 0 Å². The first-order chi connectivity index (χ1) is 6.54. The average Bonchev–Trinajstić information content (AvgIpc) is 2.48. The van der Waals surface area contributed by atoms with E-state index >= 15 is 0 Å². The van der Waals surface area contributed by atoms with Crippen LogP contribution in [-0.4, -0.2) is 53.2 Å². The molecule has 0 saturated carbocycles. The molecule has 0 bridgehead atoms. The first-order valence-electron chi connectivity index (χ1n) is 4.02. The number of carbonyl (C=O) groups is 2. The summed E-state index contributed by atoms with van der Waals surface area (Å²) in [6.45, 7) is -0.234. The van der Waals surface area contributed by atoms with E-state index in [1.54, 1.807) is 0 Å². The molecule has 0 radical (unpaired) electrons. The van der Waals surface area contributed by atoms with E-state index in [-0.39, 0.29) is 19.0 Å². The number of halogens is 2. The van der Waals surface area contributed by atoms with Crippen LogP contribution in [0.25, 0.3) is 0 Å². The van der Waals surface area contributed by atoms with Gasteiger partial charge in [0.25, 0.3) is 0 Å². The summed E-state index contributed by atoms with van der Waals surface area (Å²) in [5, 5.41) is 10.9. The van der Waals surface area contributed by atoms with Crippen molar-refractivity contribution < 1.29 is 19.1 Å². The van der Waals surface area contributed by atoms with Crippen molar-refractivity contribution in [3.63, 3.8) is 0 Å². The van der Waals surface area contributed by atoms with Gasteiger partial charge in [-0.2, -0.15) is 0 Å². The van der Waals surface area contributed by atoms with Gasteiger partial charge in [-0.15, -0.1) is 11.6 Å². The molecule has 1 fully saturated rings. The number of hydrogen-bond acceptors (Lipinski definition) is 2. The predicted octanol–water partition coefficient (Wildman–Crippen LogP) is 0.0417. The highest BCUT2D eigenvalue weighted by Crippen LogP contribution is 2.13. The molecule has 1 saturated heterocycles. The molecule has 5 nitrogen and oxygen atoms in total. The normalized spacial score (nSPS) is 26.3. The van der Waals surface area contributed by atoms with Gasteiger partial charge in [0.05, 0.1) is 12.6 Å². The Labute approximate surface area is 84.8 Å². The van der Waals surface area contributed by atoms with Crippen LogP contribution in [0.5, 0.6) is 0 Å². The van der Waals surface area contributed by atoms with Crippen LogP contribution < -0.4 is 5.32 Å². The number of carbonyl (C=O) groups excluding carboxylic acids is 1. The van der Waals surface area contributed by atoms with Crippen molar-refractivity contribution in [1.82, 2.24) is 10.2 Å². The summed E-state index contributed by atoms with van der Waals surface area (Å²) in [6, 6.07) is -0.780.